The van der Waals surface area contributed by atoms with Crippen LogP contribution in [0.4, 0.5) is 17.6 Å². The van der Waals surface area contributed by atoms with Crippen molar-refractivity contribution in [1.82, 2.24) is 25.1 Å². The summed E-state index contributed by atoms with van der Waals surface area (Å²) in [5, 5.41) is 7.87. The Labute approximate surface area is 178 Å². The molecule has 6 nitrogen and oxygen atoms in total. The summed E-state index contributed by atoms with van der Waals surface area (Å²) in [5.41, 5.74) is 0.193. The van der Waals surface area contributed by atoms with E-state index in [-0.39, 0.29) is 35.2 Å². The van der Waals surface area contributed by atoms with Crippen LogP contribution < -0.4 is 10.7 Å². The van der Waals surface area contributed by atoms with E-state index in [0.717, 1.165) is 12.1 Å². The summed E-state index contributed by atoms with van der Waals surface area (Å²) < 4.78 is 55.1. The van der Waals surface area contributed by atoms with Gasteiger partial charge in [-0.2, -0.15) is 13.2 Å². The molecule has 0 spiro atoms. The minimum absolute atomic E-state index is 0.0749. The Bertz CT molecular complexity index is 1410. The predicted molar refractivity (Wildman–Crippen MR) is 109 cm³/mol. The van der Waals surface area contributed by atoms with Gasteiger partial charge in [-0.05, 0) is 36.8 Å². The molecule has 0 bridgehead atoms. The van der Waals surface area contributed by atoms with Gasteiger partial charge in [0.15, 0.2) is 11.3 Å². The van der Waals surface area contributed by atoms with E-state index in [4.69, 9.17) is 0 Å². The van der Waals surface area contributed by atoms with Gasteiger partial charge in [-0.3, -0.25) is 4.79 Å². The Morgan fingerprint density at radius 2 is 1.94 bits per heavy atom. The smallest absolute Gasteiger partial charge is 0.349 e. The first kappa shape index (κ1) is 20.4. The summed E-state index contributed by atoms with van der Waals surface area (Å²) in [5.74, 6) is 0.236. The van der Waals surface area contributed by atoms with E-state index >= 15 is 0 Å². The van der Waals surface area contributed by atoms with Gasteiger partial charge < -0.3 is 10.3 Å². The van der Waals surface area contributed by atoms with E-state index in [1.807, 2.05) is 0 Å². The fourth-order valence-electron chi connectivity index (χ4n) is 3.96. The number of benzene rings is 2. The van der Waals surface area contributed by atoms with Crippen LogP contribution in [-0.4, -0.2) is 19.7 Å². The fourth-order valence-corrected chi connectivity index (χ4v) is 3.96. The molecule has 2 N–H and O–H groups in total. The molecular formula is C22H17F4N5O. The van der Waals surface area contributed by atoms with Gasteiger partial charge >= 0.3 is 6.18 Å². The number of pyridine rings is 1. The molecule has 1 aliphatic rings. The predicted octanol–water partition coefficient (Wildman–Crippen LogP) is 4.10. The first-order valence-corrected chi connectivity index (χ1v) is 9.88. The van der Waals surface area contributed by atoms with Crippen molar-refractivity contribution >= 4 is 10.9 Å². The van der Waals surface area contributed by atoms with Crippen molar-refractivity contribution in [3.63, 3.8) is 0 Å². The average molecular weight is 443 g/mol. The van der Waals surface area contributed by atoms with Crippen LogP contribution >= 0.6 is 0 Å². The largest absolute Gasteiger partial charge is 0.416 e. The second-order valence-corrected chi connectivity index (χ2v) is 7.71. The Hall–Kier alpha value is -3.53. The number of hydrogen-bond acceptors (Lipinski definition) is 4. The number of H-pyrrole nitrogens is 1. The second-order valence-electron chi connectivity index (χ2n) is 7.71. The number of nitrogens with one attached hydrogen (secondary N) is 2. The quantitative estimate of drug-likeness (QED) is 0.458. The molecule has 0 saturated carbocycles. The van der Waals surface area contributed by atoms with Gasteiger partial charge in [-0.1, -0.05) is 18.2 Å². The molecule has 5 rings (SSSR count). The lowest BCUT2D eigenvalue weighted by atomic mass is 10.0. The molecule has 3 heterocycles. The third-order valence-corrected chi connectivity index (χ3v) is 5.67. The number of aromatic nitrogens is 4. The maximum atomic E-state index is 14.3. The molecule has 10 heteroatoms. The average Bonchev–Trinajstić information content (AvgIpc) is 3.19. The van der Waals surface area contributed by atoms with Crippen molar-refractivity contribution in [2.75, 3.05) is 0 Å². The molecule has 0 fully saturated rings. The molecule has 2 aromatic heterocycles. The van der Waals surface area contributed by atoms with E-state index in [1.165, 1.54) is 18.2 Å². The van der Waals surface area contributed by atoms with Crippen LogP contribution in [0.3, 0.4) is 0 Å². The Balaban J connectivity index is 1.52. The molecule has 1 atom stereocenters. The highest BCUT2D eigenvalue weighted by Crippen LogP contribution is 2.32. The van der Waals surface area contributed by atoms with Crippen molar-refractivity contribution in [1.29, 1.82) is 0 Å². The van der Waals surface area contributed by atoms with Crippen LogP contribution in [0.2, 0.25) is 0 Å². The number of halogens is 4. The molecule has 0 radical (unpaired) electrons. The van der Waals surface area contributed by atoms with Crippen molar-refractivity contribution in [3.8, 4) is 11.5 Å². The fraction of sp³-hybridized carbons (Fsp3) is 0.227. The van der Waals surface area contributed by atoms with Gasteiger partial charge in [0.1, 0.15) is 11.6 Å². The SMILES string of the molecule is Cc1c(-c2nc3n(n2)CC(c2cccc(C(F)(F)F)c2)NC3)[nH]c2c(F)cccc2c1=O. The lowest BCUT2D eigenvalue weighted by molar-refractivity contribution is -0.137. The van der Waals surface area contributed by atoms with E-state index in [9.17, 15) is 22.4 Å². The number of para-hydroxylation sites is 1. The van der Waals surface area contributed by atoms with Crippen molar-refractivity contribution in [2.45, 2.75) is 32.2 Å². The van der Waals surface area contributed by atoms with Crippen LogP contribution in [0, 0.1) is 12.7 Å². The molecule has 0 aliphatic carbocycles. The van der Waals surface area contributed by atoms with E-state index in [1.54, 1.807) is 23.7 Å². The molecule has 164 valence electrons. The number of fused-ring (bicyclic) bond motifs is 2. The van der Waals surface area contributed by atoms with Gasteiger partial charge in [0, 0.05) is 10.9 Å². The van der Waals surface area contributed by atoms with Crippen molar-refractivity contribution in [2.24, 2.45) is 0 Å². The minimum Gasteiger partial charge on any atom is -0.349 e. The highest BCUT2D eigenvalue weighted by atomic mass is 19.4. The molecular weight excluding hydrogens is 426 g/mol. The molecule has 0 amide bonds. The zero-order valence-corrected chi connectivity index (χ0v) is 16.8. The number of aromatic amines is 1. The maximum Gasteiger partial charge on any atom is 0.416 e. The molecule has 1 unspecified atom stereocenters. The van der Waals surface area contributed by atoms with E-state index < -0.39 is 23.6 Å². The van der Waals surface area contributed by atoms with Crippen molar-refractivity contribution in [3.05, 3.63) is 81.0 Å². The van der Waals surface area contributed by atoms with E-state index in [0.29, 0.717) is 22.6 Å². The Morgan fingerprint density at radius 1 is 1.16 bits per heavy atom. The lowest BCUT2D eigenvalue weighted by Crippen LogP contribution is -2.33. The Kier molecular flexibility index (Phi) is 4.63. The molecule has 32 heavy (non-hydrogen) atoms. The van der Waals surface area contributed by atoms with Crippen LogP contribution in [0.15, 0.2) is 47.3 Å². The van der Waals surface area contributed by atoms with Crippen LogP contribution in [0.25, 0.3) is 22.4 Å². The summed E-state index contributed by atoms with van der Waals surface area (Å²) >= 11 is 0. The van der Waals surface area contributed by atoms with Gasteiger partial charge in [0.25, 0.3) is 0 Å². The van der Waals surface area contributed by atoms with Gasteiger partial charge in [0.2, 0.25) is 0 Å². The monoisotopic (exact) mass is 443 g/mol. The van der Waals surface area contributed by atoms with Crippen molar-refractivity contribution < 1.29 is 17.6 Å². The third-order valence-electron chi connectivity index (χ3n) is 5.67. The molecule has 2 aromatic carbocycles. The zero-order chi connectivity index (χ0) is 22.6. The zero-order valence-electron chi connectivity index (χ0n) is 16.8. The molecule has 4 aromatic rings. The third kappa shape index (κ3) is 3.36. The number of hydrogen-bond donors (Lipinski definition) is 2. The van der Waals surface area contributed by atoms with Crippen LogP contribution in [0.5, 0.6) is 0 Å². The summed E-state index contributed by atoms with van der Waals surface area (Å²) in [6.45, 7) is 2.15. The number of rotatable bonds is 2. The van der Waals surface area contributed by atoms with Gasteiger partial charge in [-0.15, -0.1) is 5.10 Å². The summed E-state index contributed by atoms with van der Waals surface area (Å²) in [6, 6.07) is 9.03. The van der Waals surface area contributed by atoms with Gasteiger partial charge in [0.05, 0.1) is 35.9 Å². The lowest BCUT2D eigenvalue weighted by Gasteiger charge is -2.25. The molecule has 1 aliphatic heterocycles. The standard InChI is InChI=1S/C22H17F4N5O/c1-11-18(29-19-14(20(11)32)6-3-7-15(19)23)21-28-17-9-27-16(10-31(17)30-21)12-4-2-5-13(8-12)22(24,25)26/h2-8,16,27H,9-10H2,1H3,(H,29,32). The summed E-state index contributed by atoms with van der Waals surface area (Å²) in [6.07, 6.45) is -4.43. The maximum absolute atomic E-state index is 14.3. The molecule has 0 saturated heterocycles. The minimum atomic E-state index is -4.43. The number of alkyl halides is 3. The highest BCUT2D eigenvalue weighted by molar-refractivity contribution is 5.82. The Morgan fingerprint density at radius 3 is 2.72 bits per heavy atom. The normalized spacial score (nSPS) is 16.3. The topological polar surface area (TPSA) is 75.6 Å². The summed E-state index contributed by atoms with van der Waals surface area (Å²) in [4.78, 5) is 20.1. The first-order chi connectivity index (χ1) is 15.2. The first-order valence-electron chi connectivity index (χ1n) is 9.88. The number of nitrogens with zero attached hydrogens (tertiary/aromatic N) is 3. The van der Waals surface area contributed by atoms with Crippen LogP contribution in [-0.2, 0) is 19.3 Å². The second kappa shape index (κ2) is 7.27. The van der Waals surface area contributed by atoms with Gasteiger partial charge in [-0.25, -0.2) is 14.1 Å². The van der Waals surface area contributed by atoms with E-state index in [2.05, 4.69) is 20.4 Å². The highest BCUT2D eigenvalue weighted by Gasteiger charge is 2.32. The summed E-state index contributed by atoms with van der Waals surface area (Å²) in [7, 11) is 0. The van der Waals surface area contributed by atoms with Crippen LogP contribution in [0.1, 0.15) is 28.6 Å².